The molecule has 2 heterocycles. The first kappa shape index (κ1) is 17.5. The normalized spacial score (nSPS) is 16.9. The molecule has 0 aliphatic carbocycles. The fourth-order valence-corrected chi connectivity index (χ4v) is 3.64. The summed E-state index contributed by atoms with van der Waals surface area (Å²) in [7, 11) is 0. The van der Waals surface area contributed by atoms with E-state index >= 15 is 0 Å². The Morgan fingerprint density at radius 3 is 2.78 bits per heavy atom. The van der Waals surface area contributed by atoms with Crippen LogP contribution in [0.5, 0.6) is 0 Å². The molecule has 0 saturated carbocycles. The third-order valence-electron chi connectivity index (χ3n) is 5.00. The summed E-state index contributed by atoms with van der Waals surface area (Å²) in [5, 5.41) is 10.2. The molecule has 4 nitrogen and oxygen atoms in total. The van der Waals surface area contributed by atoms with Crippen LogP contribution in [0.25, 0.3) is 22.2 Å². The Hall–Kier alpha value is -2.86. The number of hydrogen-bond acceptors (Lipinski definition) is 3. The molecule has 6 heteroatoms. The van der Waals surface area contributed by atoms with Gasteiger partial charge in [0, 0.05) is 23.6 Å². The number of hydrogen-bond donors (Lipinski definition) is 1. The van der Waals surface area contributed by atoms with Gasteiger partial charge in [0.2, 0.25) is 0 Å². The summed E-state index contributed by atoms with van der Waals surface area (Å²) in [4.78, 5) is 19.3. The Balaban J connectivity index is 1.87. The molecular weight excluding hydrogens is 350 g/mol. The molecule has 0 spiro atoms. The third-order valence-corrected chi connectivity index (χ3v) is 5.00. The van der Waals surface area contributed by atoms with Crippen molar-refractivity contribution in [3.63, 3.8) is 0 Å². The van der Waals surface area contributed by atoms with Crippen LogP contribution in [0.15, 0.2) is 48.5 Å². The molecule has 3 aromatic rings. The van der Waals surface area contributed by atoms with Crippen LogP contribution in [-0.4, -0.2) is 40.1 Å². The number of aliphatic hydroxyl groups is 1. The highest BCUT2D eigenvalue weighted by Gasteiger charge is 2.30. The second-order valence-electron chi connectivity index (χ2n) is 6.67. The van der Waals surface area contributed by atoms with Gasteiger partial charge in [0.15, 0.2) is 0 Å². The van der Waals surface area contributed by atoms with E-state index in [4.69, 9.17) is 0 Å². The molecule has 4 rings (SSSR count). The fraction of sp³-hybridized carbons (Fsp3) is 0.238. The van der Waals surface area contributed by atoms with E-state index in [0.717, 1.165) is 18.9 Å². The predicted octanol–water partition coefficient (Wildman–Crippen LogP) is 3.78. The third kappa shape index (κ3) is 3.17. The minimum atomic E-state index is -0.731. The zero-order valence-corrected chi connectivity index (χ0v) is 14.5. The molecule has 1 aliphatic rings. The van der Waals surface area contributed by atoms with E-state index in [2.05, 4.69) is 4.98 Å². The number of fused-ring (bicyclic) bond motifs is 1. The molecule has 0 radical (unpaired) electrons. The number of amides is 1. The van der Waals surface area contributed by atoms with E-state index in [0.29, 0.717) is 23.0 Å². The predicted molar refractivity (Wildman–Crippen MR) is 98.2 cm³/mol. The smallest absolute Gasteiger partial charge is 0.254 e. The molecule has 1 atom stereocenters. The minimum Gasteiger partial charge on any atom is -0.394 e. The quantitative estimate of drug-likeness (QED) is 0.766. The van der Waals surface area contributed by atoms with Gasteiger partial charge >= 0.3 is 0 Å². The molecular formula is C21H18F2N2O2. The van der Waals surface area contributed by atoms with Gasteiger partial charge in [0.1, 0.15) is 11.6 Å². The lowest BCUT2D eigenvalue weighted by atomic mass is 10.0. The summed E-state index contributed by atoms with van der Waals surface area (Å²) in [5.41, 5.74) is 1.37. The number of nitrogens with zero attached hydrogens (tertiary/aromatic N) is 2. The van der Waals surface area contributed by atoms with Crippen LogP contribution >= 0.6 is 0 Å². The molecule has 1 aromatic heterocycles. The van der Waals surface area contributed by atoms with Crippen molar-refractivity contribution in [1.29, 1.82) is 0 Å². The second kappa shape index (κ2) is 7.04. The van der Waals surface area contributed by atoms with Crippen molar-refractivity contribution >= 4 is 16.8 Å². The highest BCUT2D eigenvalue weighted by atomic mass is 19.1. The first-order chi connectivity index (χ1) is 13.1. The van der Waals surface area contributed by atoms with Gasteiger partial charge < -0.3 is 10.0 Å². The number of para-hydroxylation sites is 1. The van der Waals surface area contributed by atoms with Gasteiger partial charge in [-0.15, -0.1) is 0 Å². The topological polar surface area (TPSA) is 53.4 Å². The van der Waals surface area contributed by atoms with E-state index in [1.165, 1.54) is 12.1 Å². The Morgan fingerprint density at radius 2 is 2.00 bits per heavy atom. The highest BCUT2D eigenvalue weighted by molar-refractivity contribution is 6.07. The molecule has 1 amide bonds. The number of pyridine rings is 1. The van der Waals surface area contributed by atoms with Gasteiger partial charge in [-0.25, -0.2) is 13.8 Å². The highest BCUT2D eigenvalue weighted by Crippen LogP contribution is 2.29. The number of carbonyl (C=O) groups excluding carboxylic acids is 1. The molecule has 1 N–H and O–H groups in total. The number of aromatic nitrogens is 1. The van der Waals surface area contributed by atoms with Crippen molar-refractivity contribution in [2.75, 3.05) is 13.2 Å². The molecule has 1 saturated heterocycles. The summed E-state index contributed by atoms with van der Waals surface area (Å²) in [6.07, 6.45) is 1.59. The van der Waals surface area contributed by atoms with Crippen LogP contribution in [0.1, 0.15) is 23.2 Å². The maximum atomic E-state index is 14.3. The van der Waals surface area contributed by atoms with Crippen LogP contribution in [0.3, 0.4) is 0 Å². The lowest BCUT2D eigenvalue weighted by Crippen LogP contribution is -2.37. The van der Waals surface area contributed by atoms with E-state index in [9.17, 15) is 18.7 Å². The maximum absolute atomic E-state index is 14.3. The van der Waals surface area contributed by atoms with Gasteiger partial charge in [-0.3, -0.25) is 4.79 Å². The Kier molecular flexibility index (Phi) is 4.58. The van der Waals surface area contributed by atoms with E-state index < -0.39 is 11.6 Å². The van der Waals surface area contributed by atoms with E-state index in [1.54, 1.807) is 29.2 Å². The Morgan fingerprint density at radius 1 is 1.19 bits per heavy atom. The zero-order chi connectivity index (χ0) is 19.0. The number of benzene rings is 2. The molecule has 138 valence electrons. The van der Waals surface area contributed by atoms with Crippen molar-refractivity contribution in [3.05, 3.63) is 65.7 Å². The van der Waals surface area contributed by atoms with Crippen LogP contribution in [-0.2, 0) is 0 Å². The number of halogens is 2. The van der Waals surface area contributed by atoms with Crippen LogP contribution in [0, 0.1) is 11.6 Å². The zero-order valence-electron chi connectivity index (χ0n) is 14.5. The molecule has 1 fully saturated rings. The lowest BCUT2D eigenvalue weighted by Gasteiger charge is -2.24. The van der Waals surface area contributed by atoms with Crippen molar-refractivity contribution < 1.29 is 18.7 Å². The average Bonchev–Trinajstić information content (AvgIpc) is 3.15. The van der Waals surface area contributed by atoms with Crippen molar-refractivity contribution in [2.45, 2.75) is 18.9 Å². The van der Waals surface area contributed by atoms with Crippen molar-refractivity contribution in [2.24, 2.45) is 0 Å². The van der Waals surface area contributed by atoms with Gasteiger partial charge in [-0.2, -0.15) is 0 Å². The number of rotatable bonds is 3. The SMILES string of the molecule is O=C(c1cc(-c2ccc(F)cc2F)nc2ccccc12)N1CCCC1CO. The van der Waals surface area contributed by atoms with Crippen LogP contribution < -0.4 is 0 Å². The summed E-state index contributed by atoms with van der Waals surface area (Å²) in [5.74, 6) is -1.62. The molecule has 1 aliphatic heterocycles. The van der Waals surface area contributed by atoms with Gasteiger partial charge in [-0.05, 0) is 37.1 Å². The van der Waals surface area contributed by atoms with E-state index in [-0.39, 0.29) is 29.8 Å². The minimum absolute atomic E-state index is 0.0891. The van der Waals surface area contributed by atoms with Crippen molar-refractivity contribution in [3.8, 4) is 11.3 Å². The van der Waals surface area contributed by atoms with Gasteiger partial charge in [0.05, 0.1) is 29.4 Å². The lowest BCUT2D eigenvalue weighted by molar-refractivity contribution is 0.0679. The average molecular weight is 368 g/mol. The molecule has 27 heavy (non-hydrogen) atoms. The largest absolute Gasteiger partial charge is 0.394 e. The number of aliphatic hydroxyl groups excluding tert-OH is 1. The fourth-order valence-electron chi connectivity index (χ4n) is 3.64. The summed E-state index contributed by atoms with van der Waals surface area (Å²) >= 11 is 0. The van der Waals surface area contributed by atoms with E-state index in [1.807, 2.05) is 6.07 Å². The molecule has 2 aromatic carbocycles. The second-order valence-corrected chi connectivity index (χ2v) is 6.67. The first-order valence-electron chi connectivity index (χ1n) is 8.85. The summed E-state index contributed by atoms with van der Waals surface area (Å²) in [6, 6.07) is 11.8. The van der Waals surface area contributed by atoms with Crippen molar-refractivity contribution in [1.82, 2.24) is 9.88 Å². The first-order valence-corrected chi connectivity index (χ1v) is 8.85. The monoisotopic (exact) mass is 368 g/mol. The molecule has 0 bridgehead atoms. The number of carbonyl (C=O) groups is 1. The summed E-state index contributed by atoms with van der Waals surface area (Å²) < 4.78 is 27.5. The summed E-state index contributed by atoms with van der Waals surface area (Å²) in [6.45, 7) is 0.481. The maximum Gasteiger partial charge on any atom is 0.254 e. The van der Waals surface area contributed by atoms with Crippen LogP contribution in [0.4, 0.5) is 8.78 Å². The van der Waals surface area contributed by atoms with Gasteiger partial charge in [-0.1, -0.05) is 18.2 Å². The number of likely N-dealkylation sites (tertiary alicyclic amines) is 1. The Bertz CT molecular complexity index is 1020. The standard InChI is InChI=1S/C21H18F2N2O2/c22-13-7-8-16(18(23)10-13)20-11-17(15-5-1-2-6-19(15)24-20)21(27)25-9-3-4-14(25)12-26/h1-2,5-8,10-11,14,26H,3-4,9,12H2. The molecule has 1 unspecified atom stereocenters. The Labute approximate surface area is 155 Å². The van der Waals surface area contributed by atoms with Crippen LogP contribution in [0.2, 0.25) is 0 Å². The van der Waals surface area contributed by atoms with Gasteiger partial charge in [0.25, 0.3) is 5.91 Å².